The Morgan fingerprint density at radius 1 is 1.50 bits per heavy atom. The van der Waals surface area contributed by atoms with Gasteiger partial charge in [-0.2, -0.15) is 0 Å². The Hall–Kier alpha value is -0.340. The lowest BCUT2D eigenvalue weighted by atomic mass is 9.95. The minimum atomic E-state index is 0.733. The molecule has 0 radical (unpaired) electrons. The normalized spacial score (nSPS) is 31.9. The van der Waals surface area contributed by atoms with Gasteiger partial charge in [-0.25, -0.2) is 0 Å². The number of piperidine rings is 1. The number of ether oxygens (including phenoxy) is 1. The SMILES string of the molecule is CC(CC1CCCCN1)=C1CCOC1. The molecule has 2 saturated heterocycles. The molecule has 1 unspecified atom stereocenters. The van der Waals surface area contributed by atoms with E-state index in [1.54, 1.807) is 11.1 Å². The van der Waals surface area contributed by atoms with Crippen LogP contribution in [0.15, 0.2) is 11.1 Å². The lowest BCUT2D eigenvalue weighted by Crippen LogP contribution is -2.34. The highest BCUT2D eigenvalue weighted by atomic mass is 16.5. The van der Waals surface area contributed by atoms with Crippen LogP contribution < -0.4 is 5.32 Å². The fourth-order valence-corrected chi connectivity index (χ4v) is 2.41. The minimum Gasteiger partial charge on any atom is -0.377 e. The van der Waals surface area contributed by atoms with E-state index in [9.17, 15) is 0 Å². The van der Waals surface area contributed by atoms with Gasteiger partial charge >= 0.3 is 0 Å². The highest BCUT2D eigenvalue weighted by Gasteiger charge is 2.16. The molecule has 2 rings (SSSR count). The van der Waals surface area contributed by atoms with Gasteiger partial charge in [-0.15, -0.1) is 0 Å². The largest absolute Gasteiger partial charge is 0.377 e. The Morgan fingerprint density at radius 2 is 2.43 bits per heavy atom. The summed E-state index contributed by atoms with van der Waals surface area (Å²) in [6, 6.07) is 0.733. The fraction of sp³-hybridized carbons (Fsp3) is 0.833. The summed E-state index contributed by atoms with van der Waals surface area (Å²) >= 11 is 0. The maximum absolute atomic E-state index is 5.39. The van der Waals surface area contributed by atoms with E-state index in [0.29, 0.717) is 0 Å². The molecule has 1 N–H and O–H groups in total. The van der Waals surface area contributed by atoms with Gasteiger partial charge < -0.3 is 10.1 Å². The average molecular weight is 195 g/mol. The first-order valence-corrected chi connectivity index (χ1v) is 5.85. The van der Waals surface area contributed by atoms with Crippen molar-refractivity contribution in [1.29, 1.82) is 0 Å². The van der Waals surface area contributed by atoms with Crippen LogP contribution in [0.3, 0.4) is 0 Å². The smallest absolute Gasteiger partial charge is 0.0680 e. The van der Waals surface area contributed by atoms with Gasteiger partial charge in [0.1, 0.15) is 0 Å². The van der Waals surface area contributed by atoms with Gasteiger partial charge in [0, 0.05) is 6.04 Å². The monoisotopic (exact) mass is 195 g/mol. The van der Waals surface area contributed by atoms with E-state index in [1.165, 1.54) is 38.6 Å². The first-order valence-electron chi connectivity index (χ1n) is 5.85. The van der Waals surface area contributed by atoms with Crippen LogP contribution in [0.2, 0.25) is 0 Å². The summed E-state index contributed by atoms with van der Waals surface area (Å²) in [5, 5.41) is 3.60. The zero-order chi connectivity index (χ0) is 9.80. The summed E-state index contributed by atoms with van der Waals surface area (Å²) in [5.41, 5.74) is 3.12. The van der Waals surface area contributed by atoms with Crippen molar-refractivity contribution in [2.45, 2.75) is 45.1 Å². The zero-order valence-corrected chi connectivity index (χ0v) is 9.14. The molecule has 2 aliphatic rings. The van der Waals surface area contributed by atoms with Crippen LogP contribution >= 0.6 is 0 Å². The molecule has 80 valence electrons. The highest BCUT2D eigenvalue weighted by molar-refractivity contribution is 5.16. The number of hydrogen-bond donors (Lipinski definition) is 1. The topological polar surface area (TPSA) is 21.3 Å². The summed E-state index contributed by atoms with van der Waals surface area (Å²) in [5.74, 6) is 0. The van der Waals surface area contributed by atoms with Gasteiger partial charge in [-0.1, -0.05) is 12.0 Å². The van der Waals surface area contributed by atoms with E-state index in [1.807, 2.05) is 0 Å². The van der Waals surface area contributed by atoms with Gasteiger partial charge in [-0.3, -0.25) is 0 Å². The summed E-state index contributed by atoms with van der Waals surface area (Å²) in [6.45, 7) is 5.31. The molecule has 2 nitrogen and oxygen atoms in total. The third-order valence-electron chi connectivity index (χ3n) is 3.39. The van der Waals surface area contributed by atoms with Crippen molar-refractivity contribution in [3.63, 3.8) is 0 Å². The highest BCUT2D eigenvalue weighted by Crippen LogP contribution is 2.21. The van der Waals surface area contributed by atoms with E-state index < -0.39 is 0 Å². The van der Waals surface area contributed by atoms with Crippen LogP contribution in [-0.2, 0) is 4.74 Å². The molecule has 2 heteroatoms. The summed E-state index contributed by atoms with van der Waals surface area (Å²) in [6.07, 6.45) is 6.51. The predicted molar refractivity (Wildman–Crippen MR) is 58.4 cm³/mol. The molecular formula is C12H21NO. The third kappa shape index (κ3) is 2.58. The van der Waals surface area contributed by atoms with Crippen molar-refractivity contribution in [3.8, 4) is 0 Å². The number of rotatable bonds is 2. The summed E-state index contributed by atoms with van der Waals surface area (Å²) in [4.78, 5) is 0. The summed E-state index contributed by atoms with van der Waals surface area (Å²) in [7, 11) is 0. The second-order valence-electron chi connectivity index (χ2n) is 4.54. The predicted octanol–water partition coefficient (Wildman–Crippen LogP) is 2.26. The molecule has 1 atom stereocenters. The molecule has 0 aromatic rings. The first-order chi connectivity index (χ1) is 6.86. The molecule has 0 aliphatic carbocycles. The molecule has 0 amide bonds. The molecule has 14 heavy (non-hydrogen) atoms. The van der Waals surface area contributed by atoms with Crippen molar-refractivity contribution in [3.05, 3.63) is 11.1 Å². The lowest BCUT2D eigenvalue weighted by molar-refractivity contribution is 0.204. The van der Waals surface area contributed by atoms with Crippen molar-refractivity contribution in [2.75, 3.05) is 19.8 Å². The molecule has 0 saturated carbocycles. The van der Waals surface area contributed by atoms with Crippen LogP contribution in [0.25, 0.3) is 0 Å². The maximum atomic E-state index is 5.39. The fourth-order valence-electron chi connectivity index (χ4n) is 2.41. The third-order valence-corrected chi connectivity index (χ3v) is 3.39. The molecule has 0 aromatic heterocycles. The van der Waals surface area contributed by atoms with Crippen LogP contribution in [-0.4, -0.2) is 25.8 Å². The van der Waals surface area contributed by atoms with E-state index in [0.717, 1.165) is 19.3 Å². The van der Waals surface area contributed by atoms with Crippen molar-refractivity contribution >= 4 is 0 Å². The Morgan fingerprint density at radius 3 is 3.07 bits per heavy atom. The Kier molecular flexibility index (Phi) is 3.60. The van der Waals surface area contributed by atoms with E-state index in [4.69, 9.17) is 4.74 Å². The molecule has 0 aromatic carbocycles. The second kappa shape index (κ2) is 4.94. The van der Waals surface area contributed by atoms with Crippen LogP contribution in [0.1, 0.15) is 39.0 Å². The van der Waals surface area contributed by atoms with Crippen LogP contribution in [0.4, 0.5) is 0 Å². The molecule has 0 bridgehead atoms. The molecule has 2 fully saturated rings. The van der Waals surface area contributed by atoms with Crippen molar-refractivity contribution < 1.29 is 4.74 Å². The van der Waals surface area contributed by atoms with Crippen molar-refractivity contribution in [1.82, 2.24) is 5.32 Å². The van der Waals surface area contributed by atoms with E-state index >= 15 is 0 Å². The zero-order valence-electron chi connectivity index (χ0n) is 9.14. The maximum Gasteiger partial charge on any atom is 0.0680 e. The quantitative estimate of drug-likeness (QED) is 0.682. The van der Waals surface area contributed by atoms with Crippen LogP contribution in [0, 0.1) is 0 Å². The molecule has 2 heterocycles. The minimum absolute atomic E-state index is 0.733. The van der Waals surface area contributed by atoms with Gasteiger partial charge in [-0.05, 0) is 44.7 Å². The first kappa shape index (κ1) is 10.2. The Bertz CT molecular complexity index is 208. The second-order valence-corrected chi connectivity index (χ2v) is 4.54. The Balaban J connectivity index is 1.85. The Labute approximate surface area is 86.7 Å². The van der Waals surface area contributed by atoms with Gasteiger partial charge in [0.15, 0.2) is 0 Å². The average Bonchev–Trinajstić information content (AvgIpc) is 2.72. The van der Waals surface area contributed by atoms with Gasteiger partial charge in [0.2, 0.25) is 0 Å². The van der Waals surface area contributed by atoms with Gasteiger partial charge in [0.05, 0.1) is 13.2 Å². The van der Waals surface area contributed by atoms with Crippen LogP contribution in [0.5, 0.6) is 0 Å². The van der Waals surface area contributed by atoms with Gasteiger partial charge in [0.25, 0.3) is 0 Å². The lowest BCUT2D eigenvalue weighted by Gasteiger charge is -2.24. The summed E-state index contributed by atoms with van der Waals surface area (Å²) < 4.78 is 5.39. The van der Waals surface area contributed by atoms with Crippen molar-refractivity contribution in [2.24, 2.45) is 0 Å². The molecule has 2 aliphatic heterocycles. The molecule has 0 spiro atoms. The number of hydrogen-bond acceptors (Lipinski definition) is 2. The van der Waals surface area contributed by atoms with E-state index in [2.05, 4.69) is 12.2 Å². The van der Waals surface area contributed by atoms with E-state index in [-0.39, 0.29) is 0 Å². The standard InChI is InChI=1S/C12H21NO/c1-10(11-5-7-14-9-11)8-12-4-2-3-6-13-12/h12-13H,2-9H2,1H3. The number of nitrogens with one attached hydrogen (secondary N) is 1. The molecular weight excluding hydrogens is 174 g/mol.